The van der Waals surface area contributed by atoms with Gasteiger partial charge in [-0.15, -0.1) is 0 Å². The Morgan fingerprint density at radius 1 is 1.22 bits per heavy atom. The molecule has 6 heteroatoms. The lowest BCUT2D eigenvalue weighted by atomic mass is 9.65. The topological polar surface area (TPSA) is 55.1 Å². The highest BCUT2D eigenvalue weighted by Crippen LogP contribution is 2.41. The third kappa shape index (κ3) is 3.16. The normalized spacial score (nSPS) is 36.2. The first-order valence-corrected chi connectivity index (χ1v) is 6.47. The summed E-state index contributed by atoms with van der Waals surface area (Å²) in [6.07, 6.45) is 0.0701. The summed E-state index contributed by atoms with van der Waals surface area (Å²) in [5.41, 5.74) is 6.08. The Labute approximate surface area is 104 Å². The number of halogens is 3. The molecule has 3 N–H and O–H groups in total. The Bertz CT molecular complexity index is 305. The van der Waals surface area contributed by atoms with Crippen LogP contribution in [0.5, 0.6) is 0 Å². The van der Waals surface area contributed by atoms with Crippen molar-refractivity contribution in [2.24, 2.45) is 23.5 Å². The van der Waals surface area contributed by atoms with E-state index < -0.39 is 18.6 Å². The fourth-order valence-electron chi connectivity index (χ4n) is 3.33. The molecule has 18 heavy (non-hydrogen) atoms. The van der Waals surface area contributed by atoms with Gasteiger partial charge in [0.05, 0.1) is 0 Å². The van der Waals surface area contributed by atoms with Gasteiger partial charge in [-0.3, -0.25) is 4.79 Å². The molecule has 1 amide bonds. The molecule has 3 nitrogen and oxygen atoms in total. The number of amides is 1. The maximum atomic E-state index is 12.0. The minimum Gasteiger partial charge on any atom is -0.347 e. The summed E-state index contributed by atoms with van der Waals surface area (Å²) in [6, 6.07) is 0.130. The number of rotatable bonds is 2. The van der Waals surface area contributed by atoms with Crippen molar-refractivity contribution in [3.63, 3.8) is 0 Å². The van der Waals surface area contributed by atoms with E-state index in [1.165, 1.54) is 0 Å². The minimum absolute atomic E-state index is 0.130. The molecule has 0 aromatic rings. The minimum atomic E-state index is -4.34. The highest BCUT2D eigenvalue weighted by atomic mass is 19.4. The van der Waals surface area contributed by atoms with Gasteiger partial charge in [0.2, 0.25) is 5.91 Å². The molecule has 0 heterocycles. The van der Waals surface area contributed by atoms with Gasteiger partial charge in [0, 0.05) is 12.0 Å². The second-order valence-corrected chi connectivity index (χ2v) is 5.53. The molecule has 2 fully saturated rings. The highest BCUT2D eigenvalue weighted by molar-refractivity contribution is 5.78. The van der Waals surface area contributed by atoms with Crippen molar-refractivity contribution in [1.82, 2.24) is 5.32 Å². The van der Waals surface area contributed by atoms with Gasteiger partial charge in [-0.1, -0.05) is 6.42 Å². The van der Waals surface area contributed by atoms with Crippen LogP contribution in [0, 0.1) is 17.8 Å². The maximum absolute atomic E-state index is 12.0. The van der Waals surface area contributed by atoms with Gasteiger partial charge in [-0.05, 0) is 37.5 Å². The lowest BCUT2D eigenvalue weighted by Crippen LogP contribution is -2.49. The number of carbonyl (C=O) groups is 1. The van der Waals surface area contributed by atoms with Crippen LogP contribution >= 0.6 is 0 Å². The van der Waals surface area contributed by atoms with Crippen molar-refractivity contribution in [1.29, 1.82) is 0 Å². The molecule has 104 valence electrons. The van der Waals surface area contributed by atoms with E-state index in [0.717, 1.165) is 19.3 Å². The van der Waals surface area contributed by atoms with Crippen molar-refractivity contribution in [2.45, 2.75) is 44.3 Å². The Morgan fingerprint density at radius 3 is 2.28 bits per heavy atom. The van der Waals surface area contributed by atoms with Crippen molar-refractivity contribution >= 4 is 5.91 Å². The van der Waals surface area contributed by atoms with Crippen molar-refractivity contribution in [2.75, 3.05) is 6.54 Å². The number of alkyl halides is 3. The Balaban J connectivity index is 1.88. The Morgan fingerprint density at radius 2 is 1.78 bits per heavy atom. The van der Waals surface area contributed by atoms with Crippen LogP contribution in [0.25, 0.3) is 0 Å². The molecule has 0 aromatic carbocycles. The van der Waals surface area contributed by atoms with E-state index in [2.05, 4.69) is 0 Å². The average molecular weight is 264 g/mol. The molecule has 0 spiro atoms. The molecule has 0 saturated heterocycles. The number of fused-ring (bicyclic) bond motifs is 2. The molecule has 2 aliphatic rings. The fraction of sp³-hybridized carbons (Fsp3) is 0.917. The predicted octanol–water partition coefficient (Wildman–Crippen LogP) is 1.82. The molecule has 2 rings (SSSR count). The molecule has 0 aromatic heterocycles. The summed E-state index contributed by atoms with van der Waals surface area (Å²) in [6.45, 7) is -1.23. The van der Waals surface area contributed by atoms with Crippen LogP contribution in [0.3, 0.4) is 0 Å². The molecular weight excluding hydrogens is 245 g/mol. The number of nitrogens with two attached hydrogens (primary N) is 1. The predicted molar refractivity (Wildman–Crippen MR) is 60.6 cm³/mol. The third-order valence-electron chi connectivity index (χ3n) is 4.25. The molecule has 2 bridgehead atoms. The molecule has 2 saturated carbocycles. The van der Waals surface area contributed by atoms with Crippen LogP contribution in [0.1, 0.15) is 32.1 Å². The second-order valence-electron chi connectivity index (χ2n) is 5.53. The Kier molecular flexibility index (Phi) is 3.84. The van der Waals surface area contributed by atoms with Crippen LogP contribution in [-0.2, 0) is 4.79 Å². The molecule has 2 aliphatic carbocycles. The van der Waals surface area contributed by atoms with E-state index in [-0.39, 0.29) is 12.0 Å². The van der Waals surface area contributed by atoms with Crippen molar-refractivity contribution in [3.05, 3.63) is 0 Å². The first-order chi connectivity index (χ1) is 8.37. The van der Waals surface area contributed by atoms with Gasteiger partial charge in [-0.2, -0.15) is 13.2 Å². The van der Waals surface area contributed by atoms with Gasteiger partial charge >= 0.3 is 6.18 Å². The summed E-state index contributed by atoms with van der Waals surface area (Å²) in [5.74, 6) is -0.142. The summed E-state index contributed by atoms with van der Waals surface area (Å²) in [7, 11) is 0. The summed E-state index contributed by atoms with van der Waals surface area (Å²) in [4.78, 5) is 11.7. The number of hydrogen-bond acceptors (Lipinski definition) is 2. The van der Waals surface area contributed by atoms with Gasteiger partial charge in [0.25, 0.3) is 0 Å². The number of hydrogen-bond donors (Lipinski definition) is 2. The lowest BCUT2D eigenvalue weighted by Gasteiger charge is -2.43. The molecule has 2 unspecified atom stereocenters. The van der Waals surface area contributed by atoms with E-state index in [1.54, 1.807) is 0 Å². The summed E-state index contributed by atoms with van der Waals surface area (Å²) >= 11 is 0. The standard InChI is InChI=1S/C12H19F3N2O/c13-12(14,15)6-17-11(18)9-4-7-2-1-3-8(5-9)10(7)16/h7-10H,1-6,16H2,(H,17,18). The van der Waals surface area contributed by atoms with E-state index in [9.17, 15) is 18.0 Å². The summed E-state index contributed by atoms with van der Waals surface area (Å²) in [5, 5.41) is 1.99. The first-order valence-electron chi connectivity index (χ1n) is 6.47. The van der Waals surface area contributed by atoms with Crippen LogP contribution in [-0.4, -0.2) is 24.7 Å². The van der Waals surface area contributed by atoms with Crippen LogP contribution < -0.4 is 11.1 Å². The van der Waals surface area contributed by atoms with Crippen molar-refractivity contribution < 1.29 is 18.0 Å². The molecule has 2 atom stereocenters. The monoisotopic (exact) mass is 264 g/mol. The average Bonchev–Trinajstić information content (AvgIpc) is 2.24. The number of nitrogens with one attached hydrogen (secondary N) is 1. The quantitative estimate of drug-likeness (QED) is 0.799. The Hall–Kier alpha value is -0.780. The third-order valence-corrected chi connectivity index (χ3v) is 4.25. The van der Waals surface area contributed by atoms with E-state index in [0.29, 0.717) is 24.7 Å². The van der Waals surface area contributed by atoms with E-state index >= 15 is 0 Å². The SMILES string of the molecule is NC1C2CCCC1CC(C(=O)NCC(F)(F)F)C2. The lowest BCUT2D eigenvalue weighted by molar-refractivity contribution is -0.142. The van der Waals surface area contributed by atoms with Crippen LogP contribution in [0.4, 0.5) is 13.2 Å². The van der Waals surface area contributed by atoms with Crippen molar-refractivity contribution in [3.8, 4) is 0 Å². The van der Waals surface area contributed by atoms with Gasteiger partial charge < -0.3 is 11.1 Å². The molecular formula is C12H19F3N2O. The molecule has 0 radical (unpaired) electrons. The highest BCUT2D eigenvalue weighted by Gasteiger charge is 2.41. The fourth-order valence-corrected chi connectivity index (χ4v) is 3.33. The zero-order valence-electron chi connectivity index (χ0n) is 10.2. The first kappa shape index (κ1) is 13.6. The molecule has 0 aliphatic heterocycles. The van der Waals surface area contributed by atoms with E-state index in [4.69, 9.17) is 5.73 Å². The smallest absolute Gasteiger partial charge is 0.347 e. The van der Waals surface area contributed by atoms with Crippen LogP contribution in [0.15, 0.2) is 0 Å². The van der Waals surface area contributed by atoms with Gasteiger partial charge in [0.15, 0.2) is 0 Å². The largest absolute Gasteiger partial charge is 0.405 e. The second kappa shape index (κ2) is 5.07. The van der Waals surface area contributed by atoms with Crippen LogP contribution in [0.2, 0.25) is 0 Å². The zero-order valence-corrected chi connectivity index (χ0v) is 10.2. The maximum Gasteiger partial charge on any atom is 0.405 e. The zero-order chi connectivity index (χ0) is 13.3. The summed E-state index contributed by atoms with van der Waals surface area (Å²) < 4.78 is 36.1. The van der Waals surface area contributed by atoms with E-state index in [1.807, 2.05) is 5.32 Å². The number of carbonyl (C=O) groups excluding carboxylic acids is 1. The van der Waals surface area contributed by atoms with Gasteiger partial charge in [0.1, 0.15) is 6.54 Å². The van der Waals surface area contributed by atoms with Gasteiger partial charge in [-0.25, -0.2) is 0 Å².